The zero-order valence-corrected chi connectivity index (χ0v) is 13.5. The van der Waals surface area contributed by atoms with Crippen molar-refractivity contribution in [1.29, 1.82) is 0 Å². The van der Waals surface area contributed by atoms with E-state index in [4.69, 9.17) is 0 Å². The Morgan fingerprint density at radius 3 is 2.80 bits per heavy atom. The van der Waals surface area contributed by atoms with Crippen LogP contribution in [0.1, 0.15) is 44.7 Å². The third kappa shape index (κ3) is 4.07. The molecule has 1 aliphatic rings. The standard InChI is InChI=1S/C18H30N2/c1-5-7-17-11-19-18(14(2)3)13-20(17)12-16-9-6-8-15(4)10-16/h6,8-10,14,17-19H,5,7,11-13H2,1-4H3. The minimum Gasteiger partial charge on any atom is -0.311 e. The van der Waals surface area contributed by atoms with Crippen LogP contribution in [0.5, 0.6) is 0 Å². The Balaban J connectivity index is 2.06. The van der Waals surface area contributed by atoms with Crippen LogP contribution in [-0.2, 0) is 6.54 Å². The second kappa shape index (κ2) is 7.24. The van der Waals surface area contributed by atoms with E-state index in [2.05, 4.69) is 62.2 Å². The molecule has 1 N–H and O–H groups in total. The maximum Gasteiger partial charge on any atom is 0.0237 e. The molecule has 1 saturated heterocycles. The lowest BCUT2D eigenvalue weighted by Gasteiger charge is -2.42. The molecule has 1 heterocycles. The van der Waals surface area contributed by atoms with Gasteiger partial charge in [0.25, 0.3) is 0 Å². The van der Waals surface area contributed by atoms with Gasteiger partial charge in [0, 0.05) is 31.7 Å². The van der Waals surface area contributed by atoms with Crippen LogP contribution in [-0.4, -0.2) is 30.1 Å². The van der Waals surface area contributed by atoms with Crippen molar-refractivity contribution in [3.8, 4) is 0 Å². The van der Waals surface area contributed by atoms with E-state index in [1.54, 1.807) is 0 Å². The van der Waals surface area contributed by atoms with Crippen LogP contribution in [0.4, 0.5) is 0 Å². The van der Waals surface area contributed by atoms with Crippen molar-refractivity contribution < 1.29 is 0 Å². The molecule has 0 aliphatic carbocycles. The predicted octanol–water partition coefficient (Wildman–Crippen LogP) is 3.59. The molecular formula is C18H30N2. The van der Waals surface area contributed by atoms with Gasteiger partial charge >= 0.3 is 0 Å². The Morgan fingerprint density at radius 2 is 2.15 bits per heavy atom. The average Bonchev–Trinajstić information content (AvgIpc) is 2.41. The Hall–Kier alpha value is -0.860. The topological polar surface area (TPSA) is 15.3 Å². The van der Waals surface area contributed by atoms with Crippen molar-refractivity contribution >= 4 is 0 Å². The fraction of sp³-hybridized carbons (Fsp3) is 0.667. The van der Waals surface area contributed by atoms with Crippen LogP contribution in [0, 0.1) is 12.8 Å². The van der Waals surface area contributed by atoms with Gasteiger partial charge in [0.05, 0.1) is 0 Å². The Labute approximate surface area is 124 Å². The molecule has 20 heavy (non-hydrogen) atoms. The maximum absolute atomic E-state index is 3.74. The number of piperazine rings is 1. The fourth-order valence-corrected chi connectivity index (χ4v) is 3.19. The number of hydrogen-bond donors (Lipinski definition) is 1. The molecule has 2 unspecified atom stereocenters. The minimum absolute atomic E-state index is 0.632. The summed E-state index contributed by atoms with van der Waals surface area (Å²) in [6.07, 6.45) is 2.56. The predicted molar refractivity (Wildman–Crippen MR) is 86.9 cm³/mol. The molecule has 1 aromatic carbocycles. The summed E-state index contributed by atoms with van der Waals surface area (Å²) in [5, 5.41) is 3.74. The van der Waals surface area contributed by atoms with E-state index >= 15 is 0 Å². The molecule has 1 aromatic rings. The molecule has 2 atom stereocenters. The molecule has 0 amide bonds. The first-order chi connectivity index (χ1) is 9.60. The van der Waals surface area contributed by atoms with E-state index in [0.29, 0.717) is 18.0 Å². The number of rotatable bonds is 5. The summed E-state index contributed by atoms with van der Waals surface area (Å²) in [6, 6.07) is 10.3. The van der Waals surface area contributed by atoms with Crippen molar-refractivity contribution in [3.63, 3.8) is 0 Å². The summed E-state index contributed by atoms with van der Waals surface area (Å²) in [6.45, 7) is 12.5. The van der Waals surface area contributed by atoms with Crippen molar-refractivity contribution in [2.45, 2.75) is 59.2 Å². The van der Waals surface area contributed by atoms with E-state index in [1.807, 2.05) is 0 Å². The number of hydrogen-bond acceptors (Lipinski definition) is 2. The van der Waals surface area contributed by atoms with E-state index in [1.165, 1.54) is 30.5 Å². The van der Waals surface area contributed by atoms with E-state index < -0.39 is 0 Å². The summed E-state index contributed by atoms with van der Waals surface area (Å²) < 4.78 is 0. The van der Waals surface area contributed by atoms with E-state index in [9.17, 15) is 0 Å². The van der Waals surface area contributed by atoms with Gasteiger partial charge in [-0.15, -0.1) is 0 Å². The van der Waals surface area contributed by atoms with Gasteiger partial charge in [-0.3, -0.25) is 4.90 Å². The van der Waals surface area contributed by atoms with Crippen LogP contribution < -0.4 is 5.32 Å². The third-order valence-electron chi connectivity index (χ3n) is 4.46. The molecule has 0 saturated carbocycles. The lowest BCUT2D eigenvalue weighted by molar-refractivity contribution is 0.0997. The van der Waals surface area contributed by atoms with Gasteiger partial charge in [0.2, 0.25) is 0 Å². The van der Waals surface area contributed by atoms with Crippen LogP contribution in [0.25, 0.3) is 0 Å². The monoisotopic (exact) mass is 274 g/mol. The highest BCUT2D eigenvalue weighted by Gasteiger charge is 2.28. The number of nitrogens with zero attached hydrogens (tertiary/aromatic N) is 1. The van der Waals surface area contributed by atoms with Gasteiger partial charge in [-0.2, -0.15) is 0 Å². The summed E-state index contributed by atoms with van der Waals surface area (Å²) in [7, 11) is 0. The highest BCUT2D eigenvalue weighted by atomic mass is 15.2. The number of nitrogens with one attached hydrogen (secondary N) is 1. The van der Waals surface area contributed by atoms with Crippen LogP contribution in [0.2, 0.25) is 0 Å². The Kier molecular flexibility index (Phi) is 5.62. The van der Waals surface area contributed by atoms with Gasteiger partial charge in [0.15, 0.2) is 0 Å². The number of benzene rings is 1. The van der Waals surface area contributed by atoms with Gasteiger partial charge < -0.3 is 5.32 Å². The molecule has 112 valence electrons. The van der Waals surface area contributed by atoms with Crippen LogP contribution >= 0.6 is 0 Å². The quantitative estimate of drug-likeness (QED) is 0.882. The highest BCUT2D eigenvalue weighted by molar-refractivity contribution is 5.22. The second-order valence-corrected chi connectivity index (χ2v) is 6.62. The Bertz CT molecular complexity index is 414. The molecule has 2 heteroatoms. The molecule has 2 nitrogen and oxygen atoms in total. The summed E-state index contributed by atoms with van der Waals surface area (Å²) in [4.78, 5) is 2.69. The lowest BCUT2D eigenvalue weighted by atomic mass is 9.97. The molecule has 0 bridgehead atoms. The van der Waals surface area contributed by atoms with Crippen molar-refractivity contribution in [2.75, 3.05) is 13.1 Å². The van der Waals surface area contributed by atoms with Crippen molar-refractivity contribution in [2.24, 2.45) is 5.92 Å². The van der Waals surface area contributed by atoms with E-state index in [-0.39, 0.29) is 0 Å². The average molecular weight is 274 g/mol. The second-order valence-electron chi connectivity index (χ2n) is 6.62. The van der Waals surface area contributed by atoms with E-state index in [0.717, 1.165) is 13.1 Å². The van der Waals surface area contributed by atoms with Crippen molar-refractivity contribution in [1.82, 2.24) is 10.2 Å². The molecule has 1 fully saturated rings. The summed E-state index contributed by atoms with van der Waals surface area (Å²) in [5.41, 5.74) is 2.82. The van der Waals surface area contributed by atoms with Gasteiger partial charge in [0.1, 0.15) is 0 Å². The first-order valence-electron chi connectivity index (χ1n) is 8.13. The molecule has 0 spiro atoms. The van der Waals surface area contributed by atoms with Gasteiger partial charge in [-0.1, -0.05) is 57.0 Å². The van der Waals surface area contributed by atoms with Crippen LogP contribution in [0.3, 0.4) is 0 Å². The first kappa shape index (κ1) is 15.5. The zero-order chi connectivity index (χ0) is 14.5. The number of aryl methyl sites for hydroxylation is 1. The smallest absolute Gasteiger partial charge is 0.0237 e. The third-order valence-corrected chi connectivity index (χ3v) is 4.46. The highest BCUT2D eigenvalue weighted by Crippen LogP contribution is 2.19. The van der Waals surface area contributed by atoms with Gasteiger partial charge in [-0.25, -0.2) is 0 Å². The first-order valence-corrected chi connectivity index (χ1v) is 8.13. The lowest BCUT2D eigenvalue weighted by Crippen LogP contribution is -2.57. The summed E-state index contributed by atoms with van der Waals surface area (Å²) >= 11 is 0. The largest absolute Gasteiger partial charge is 0.311 e. The SMILES string of the molecule is CCCC1CNC(C(C)C)CN1Cc1cccc(C)c1. The van der Waals surface area contributed by atoms with Crippen LogP contribution in [0.15, 0.2) is 24.3 Å². The maximum atomic E-state index is 3.74. The molecule has 0 aromatic heterocycles. The van der Waals surface area contributed by atoms with Gasteiger partial charge in [-0.05, 0) is 24.8 Å². The van der Waals surface area contributed by atoms with Crippen molar-refractivity contribution in [3.05, 3.63) is 35.4 Å². The normalized spacial score (nSPS) is 24.2. The minimum atomic E-state index is 0.632. The molecule has 2 rings (SSSR count). The molecule has 0 radical (unpaired) electrons. The fourth-order valence-electron chi connectivity index (χ4n) is 3.19. The summed E-state index contributed by atoms with van der Waals surface area (Å²) in [5.74, 6) is 0.706. The molecule has 1 aliphatic heterocycles. The zero-order valence-electron chi connectivity index (χ0n) is 13.5. The molecular weight excluding hydrogens is 244 g/mol. The Morgan fingerprint density at radius 1 is 1.35 bits per heavy atom.